The number of nitrogens with zero attached hydrogens (tertiary/aromatic N) is 2. The van der Waals surface area contributed by atoms with Gasteiger partial charge in [-0.1, -0.05) is 0 Å². The molecule has 0 spiro atoms. The smallest absolute Gasteiger partial charge is 0.0669 e. The van der Waals surface area contributed by atoms with E-state index in [0.717, 1.165) is 19.5 Å². The normalized spacial score (nSPS) is 17.5. The van der Waals surface area contributed by atoms with Crippen molar-refractivity contribution < 1.29 is 0 Å². The molecule has 0 fully saturated rings. The summed E-state index contributed by atoms with van der Waals surface area (Å²) in [7, 11) is 1.98. The molecular weight excluding hydrogens is 138 g/mol. The van der Waals surface area contributed by atoms with E-state index in [0.29, 0.717) is 0 Å². The van der Waals surface area contributed by atoms with Crippen LogP contribution >= 0.6 is 0 Å². The predicted molar refractivity (Wildman–Crippen MR) is 43.2 cm³/mol. The van der Waals surface area contributed by atoms with E-state index in [1.807, 2.05) is 11.7 Å². The van der Waals surface area contributed by atoms with Crippen molar-refractivity contribution in [3.05, 3.63) is 17.5 Å². The Morgan fingerprint density at radius 3 is 3.45 bits per heavy atom. The van der Waals surface area contributed by atoms with Crippen molar-refractivity contribution in [1.29, 1.82) is 0 Å². The first-order chi connectivity index (χ1) is 5.36. The van der Waals surface area contributed by atoms with Gasteiger partial charge in [-0.2, -0.15) is 5.10 Å². The maximum absolute atomic E-state index is 4.39. The van der Waals surface area contributed by atoms with Crippen LogP contribution in [0.1, 0.15) is 17.7 Å². The highest BCUT2D eigenvalue weighted by molar-refractivity contribution is 5.17. The molecule has 1 aromatic heterocycles. The minimum atomic E-state index is 0.989. The average molecular weight is 151 g/mol. The maximum Gasteiger partial charge on any atom is 0.0669 e. The second-order valence-corrected chi connectivity index (χ2v) is 3.06. The molecule has 1 N–H and O–H groups in total. The van der Waals surface area contributed by atoms with E-state index in [1.54, 1.807) is 0 Å². The first-order valence-corrected chi connectivity index (χ1v) is 4.08. The van der Waals surface area contributed by atoms with E-state index in [2.05, 4.69) is 16.6 Å². The monoisotopic (exact) mass is 151 g/mol. The van der Waals surface area contributed by atoms with Crippen LogP contribution in [-0.2, 0) is 20.0 Å². The van der Waals surface area contributed by atoms with Gasteiger partial charge in [-0.3, -0.25) is 4.68 Å². The van der Waals surface area contributed by atoms with Crippen LogP contribution in [0.15, 0.2) is 6.20 Å². The summed E-state index contributed by atoms with van der Waals surface area (Å²) < 4.78 is 1.90. The standard InChI is InChI=1S/C8H13N3/c1-11-6-7-5-9-4-2-3-8(7)10-11/h6,9H,2-5H2,1H3. The maximum atomic E-state index is 4.39. The van der Waals surface area contributed by atoms with Crippen LogP contribution in [0.5, 0.6) is 0 Å². The molecule has 3 heteroatoms. The summed E-state index contributed by atoms with van der Waals surface area (Å²) in [5, 5.41) is 7.75. The van der Waals surface area contributed by atoms with Crippen molar-refractivity contribution in [2.75, 3.05) is 6.54 Å². The number of aryl methyl sites for hydroxylation is 2. The number of hydrogen-bond donors (Lipinski definition) is 1. The van der Waals surface area contributed by atoms with E-state index in [9.17, 15) is 0 Å². The molecule has 1 aromatic rings. The van der Waals surface area contributed by atoms with Crippen LogP contribution in [0, 0.1) is 0 Å². The Balaban J connectivity index is 2.32. The van der Waals surface area contributed by atoms with Gasteiger partial charge in [-0.25, -0.2) is 0 Å². The zero-order valence-corrected chi connectivity index (χ0v) is 6.80. The second-order valence-electron chi connectivity index (χ2n) is 3.06. The lowest BCUT2D eigenvalue weighted by atomic mass is 10.2. The summed E-state index contributed by atoms with van der Waals surface area (Å²) in [4.78, 5) is 0. The number of hydrogen-bond acceptors (Lipinski definition) is 2. The molecule has 0 amide bonds. The zero-order valence-electron chi connectivity index (χ0n) is 6.80. The van der Waals surface area contributed by atoms with Gasteiger partial charge >= 0.3 is 0 Å². The Morgan fingerprint density at radius 2 is 2.55 bits per heavy atom. The fourth-order valence-corrected chi connectivity index (χ4v) is 1.55. The van der Waals surface area contributed by atoms with Gasteiger partial charge < -0.3 is 5.32 Å². The van der Waals surface area contributed by atoms with E-state index in [4.69, 9.17) is 0 Å². The molecule has 0 radical (unpaired) electrons. The summed E-state index contributed by atoms with van der Waals surface area (Å²) >= 11 is 0. The molecule has 60 valence electrons. The summed E-state index contributed by atoms with van der Waals surface area (Å²) in [6, 6.07) is 0. The van der Waals surface area contributed by atoms with Gasteiger partial charge in [-0.15, -0.1) is 0 Å². The SMILES string of the molecule is Cn1cc2c(n1)CCCNC2. The summed E-state index contributed by atoms with van der Waals surface area (Å²) in [5.74, 6) is 0. The van der Waals surface area contributed by atoms with Crippen molar-refractivity contribution in [2.45, 2.75) is 19.4 Å². The van der Waals surface area contributed by atoms with Crippen LogP contribution in [0.2, 0.25) is 0 Å². The third kappa shape index (κ3) is 1.28. The highest BCUT2D eigenvalue weighted by Crippen LogP contribution is 2.10. The Bertz CT molecular complexity index is 228. The molecule has 11 heavy (non-hydrogen) atoms. The Morgan fingerprint density at radius 1 is 1.64 bits per heavy atom. The van der Waals surface area contributed by atoms with Gasteiger partial charge in [0.2, 0.25) is 0 Å². The molecule has 0 atom stereocenters. The lowest BCUT2D eigenvalue weighted by Gasteiger charge is -1.94. The number of rotatable bonds is 0. The average Bonchev–Trinajstić information content (AvgIpc) is 2.17. The van der Waals surface area contributed by atoms with Crippen LogP contribution < -0.4 is 5.32 Å². The molecule has 1 aliphatic heterocycles. The van der Waals surface area contributed by atoms with Crippen LogP contribution in [0.25, 0.3) is 0 Å². The molecule has 0 bridgehead atoms. The van der Waals surface area contributed by atoms with Crippen molar-refractivity contribution in [3.8, 4) is 0 Å². The van der Waals surface area contributed by atoms with E-state index in [-0.39, 0.29) is 0 Å². The van der Waals surface area contributed by atoms with Gasteiger partial charge in [-0.05, 0) is 19.4 Å². The highest BCUT2D eigenvalue weighted by Gasteiger charge is 2.09. The summed E-state index contributed by atoms with van der Waals surface area (Å²) in [5.41, 5.74) is 2.64. The quantitative estimate of drug-likeness (QED) is 0.583. The van der Waals surface area contributed by atoms with Crippen LogP contribution in [0.4, 0.5) is 0 Å². The Hall–Kier alpha value is -0.830. The topological polar surface area (TPSA) is 29.9 Å². The highest BCUT2D eigenvalue weighted by atomic mass is 15.3. The predicted octanol–water partition coefficient (Wildman–Crippen LogP) is 0.456. The first kappa shape index (κ1) is 6.85. The van der Waals surface area contributed by atoms with Crippen molar-refractivity contribution in [2.24, 2.45) is 7.05 Å². The van der Waals surface area contributed by atoms with Gasteiger partial charge in [0, 0.05) is 25.4 Å². The minimum Gasteiger partial charge on any atom is -0.313 e. The van der Waals surface area contributed by atoms with Crippen molar-refractivity contribution in [3.63, 3.8) is 0 Å². The molecule has 0 aromatic carbocycles. The largest absolute Gasteiger partial charge is 0.313 e. The van der Waals surface area contributed by atoms with Gasteiger partial charge in [0.1, 0.15) is 0 Å². The molecule has 0 saturated heterocycles. The Kier molecular flexibility index (Phi) is 1.66. The lowest BCUT2D eigenvalue weighted by molar-refractivity contribution is 0.661. The van der Waals surface area contributed by atoms with Gasteiger partial charge in [0.15, 0.2) is 0 Å². The first-order valence-electron chi connectivity index (χ1n) is 4.08. The summed E-state index contributed by atoms with van der Waals surface area (Å²) in [6.45, 7) is 2.11. The van der Waals surface area contributed by atoms with E-state index < -0.39 is 0 Å². The minimum absolute atomic E-state index is 0.989. The lowest BCUT2D eigenvalue weighted by Crippen LogP contribution is -2.11. The molecule has 2 rings (SSSR count). The molecule has 0 aliphatic carbocycles. The number of nitrogens with one attached hydrogen (secondary N) is 1. The van der Waals surface area contributed by atoms with Gasteiger partial charge in [0.25, 0.3) is 0 Å². The molecular formula is C8H13N3. The fourth-order valence-electron chi connectivity index (χ4n) is 1.55. The zero-order chi connectivity index (χ0) is 7.68. The van der Waals surface area contributed by atoms with E-state index >= 15 is 0 Å². The fraction of sp³-hybridized carbons (Fsp3) is 0.625. The number of fused-ring (bicyclic) bond motifs is 1. The van der Waals surface area contributed by atoms with Crippen LogP contribution in [-0.4, -0.2) is 16.3 Å². The molecule has 3 nitrogen and oxygen atoms in total. The molecule has 0 saturated carbocycles. The van der Waals surface area contributed by atoms with Gasteiger partial charge in [0.05, 0.1) is 5.69 Å². The molecule has 1 aliphatic rings. The number of aromatic nitrogens is 2. The van der Waals surface area contributed by atoms with E-state index in [1.165, 1.54) is 17.7 Å². The second kappa shape index (κ2) is 2.66. The van der Waals surface area contributed by atoms with Crippen molar-refractivity contribution >= 4 is 0 Å². The molecule has 2 heterocycles. The summed E-state index contributed by atoms with van der Waals surface area (Å²) in [6.07, 6.45) is 4.45. The third-order valence-corrected chi connectivity index (χ3v) is 2.07. The molecule has 0 unspecified atom stereocenters. The van der Waals surface area contributed by atoms with Crippen LogP contribution in [0.3, 0.4) is 0 Å². The van der Waals surface area contributed by atoms with Crippen molar-refractivity contribution in [1.82, 2.24) is 15.1 Å². The third-order valence-electron chi connectivity index (χ3n) is 2.07. The Labute approximate surface area is 66.4 Å².